The van der Waals surface area contributed by atoms with Crippen molar-refractivity contribution >= 4 is 28.3 Å². The van der Waals surface area contributed by atoms with E-state index in [1.54, 1.807) is 16.7 Å². The summed E-state index contributed by atoms with van der Waals surface area (Å²) in [6.45, 7) is 3.19. The number of pyridine rings is 1. The van der Waals surface area contributed by atoms with Gasteiger partial charge in [-0.25, -0.2) is 27.9 Å². The molecule has 1 atom stereocenters. The van der Waals surface area contributed by atoms with Crippen LogP contribution in [0.15, 0.2) is 42.5 Å². The monoisotopic (exact) mass is 611 g/mol. The lowest BCUT2D eigenvalue weighted by Crippen LogP contribution is -2.31. The smallest absolute Gasteiger partial charge is 0.335 e. The van der Waals surface area contributed by atoms with Crippen LogP contribution in [-0.4, -0.2) is 55.1 Å². The third-order valence-electron chi connectivity index (χ3n) is 6.86. The maximum atomic E-state index is 15.4. The van der Waals surface area contributed by atoms with Crippen molar-refractivity contribution in [3.8, 4) is 22.3 Å². The number of carboxylic acids is 1. The minimum Gasteiger partial charge on any atom is -0.478 e. The molecule has 1 fully saturated rings. The summed E-state index contributed by atoms with van der Waals surface area (Å²) in [7, 11) is 0. The van der Waals surface area contributed by atoms with Gasteiger partial charge >= 0.3 is 5.97 Å². The van der Waals surface area contributed by atoms with Gasteiger partial charge in [0.25, 0.3) is 5.19 Å². The Labute approximate surface area is 246 Å². The molecule has 1 N–H and O–H groups in total. The molecular formula is C29H24F3N5O5S. The molecule has 0 saturated carbocycles. The molecule has 43 heavy (non-hydrogen) atoms. The summed E-state index contributed by atoms with van der Waals surface area (Å²) in [6.07, 6.45) is 0.396. The molecule has 6 rings (SSSR count). The Morgan fingerprint density at radius 1 is 1.09 bits per heavy atom. The SMILES string of the molecule is CCOc1nnc(COc2cccc(-c3cc(F)c(Cc4nc5c(F)cc(C(=O)O)cc5n4CC4CCO4)cc3F)n2)s1. The van der Waals surface area contributed by atoms with Gasteiger partial charge in [-0.1, -0.05) is 22.5 Å². The molecule has 3 aromatic heterocycles. The first-order chi connectivity index (χ1) is 20.8. The van der Waals surface area contributed by atoms with Crippen molar-refractivity contribution in [3.63, 3.8) is 0 Å². The lowest BCUT2D eigenvalue weighted by Gasteiger charge is -2.27. The number of hydrogen-bond donors (Lipinski definition) is 1. The van der Waals surface area contributed by atoms with Gasteiger partial charge in [-0.2, -0.15) is 0 Å². The van der Waals surface area contributed by atoms with E-state index in [4.69, 9.17) is 14.2 Å². The van der Waals surface area contributed by atoms with Crippen LogP contribution in [0, 0.1) is 17.5 Å². The second kappa shape index (κ2) is 12.0. The third kappa shape index (κ3) is 6.01. The summed E-state index contributed by atoms with van der Waals surface area (Å²) in [4.78, 5) is 20.2. The quantitative estimate of drug-likeness (QED) is 0.209. The van der Waals surface area contributed by atoms with Crippen molar-refractivity contribution in [2.45, 2.75) is 39.0 Å². The second-order valence-corrected chi connectivity index (χ2v) is 10.7. The van der Waals surface area contributed by atoms with Crippen LogP contribution in [0.2, 0.25) is 0 Å². The first-order valence-corrected chi connectivity index (χ1v) is 14.2. The largest absolute Gasteiger partial charge is 0.478 e. The number of nitrogens with zero attached hydrogens (tertiary/aromatic N) is 5. The number of halogens is 3. The van der Waals surface area contributed by atoms with Crippen LogP contribution in [0.25, 0.3) is 22.3 Å². The molecule has 222 valence electrons. The third-order valence-corrected chi connectivity index (χ3v) is 7.67. The normalized spacial score (nSPS) is 14.6. The van der Waals surface area contributed by atoms with Gasteiger partial charge in [0.2, 0.25) is 5.88 Å². The molecule has 5 aromatic rings. The van der Waals surface area contributed by atoms with Crippen LogP contribution in [0.1, 0.15) is 40.1 Å². The lowest BCUT2D eigenvalue weighted by molar-refractivity contribution is -0.0589. The fraction of sp³-hybridized carbons (Fsp3) is 0.276. The van der Waals surface area contributed by atoms with E-state index in [0.29, 0.717) is 23.4 Å². The maximum absolute atomic E-state index is 15.4. The Balaban J connectivity index is 1.27. The minimum atomic E-state index is -1.29. The number of hydrogen-bond acceptors (Lipinski definition) is 9. The molecule has 0 spiro atoms. The van der Waals surface area contributed by atoms with Gasteiger partial charge in [0, 0.05) is 24.7 Å². The second-order valence-electron chi connectivity index (χ2n) is 9.70. The summed E-state index contributed by atoms with van der Waals surface area (Å²) in [5.41, 5.74) is 0.00994. The van der Waals surface area contributed by atoms with Crippen molar-refractivity contribution in [1.82, 2.24) is 24.7 Å². The van der Waals surface area contributed by atoms with E-state index in [9.17, 15) is 14.3 Å². The van der Waals surface area contributed by atoms with E-state index in [-0.39, 0.29) is 70.8 Å². The molecule has 0 aliphatic carbocycles. The molecule has 4 heterocycles. The first-order valence-electron chi connectivity index (χ1n) is 13.4. The molecule has 10 nitrogen and oxygen atoms in total. The fourth-order valence-electron chi connectivity index (χ4n) is 4.67. The zero-order valence-corrected chi connectivity index (χ0v) is 23.5. The van der Waals surface area contributed by atoms with Crippen LogP contribution in [0.3, 0.4) is 0 Å². The van der Waals surface area contributed by atoms with E-state index in [0.717, 1.165) is 24.6 Å². The minimum absolute atomic E-state index is 0.0139. The Kier molecular flexibility index (Phi) is 7.95. The number of aromatic nitrogens is 5. The number of benzene rings is 2. The summed E-state index contributed by atoms with van der Waals surface area (Å²) < 4.78 is 63.8. The topological polar surface area (TPSA) is 121 Å². The highest BCUT2D eigenvalue weighted by atomic mass is 32.1. The van der Waals surface area contributed by atoms with Gasteiger partial charge in [0.1, 0.15) is 29.6 Å². The summed E-state index contributed by atoms with van der Waals surface area (Å²) >= 11 is 1.23. The molecule has 1 unspecified atom stereocenters. The standard InChI is InChI=1S/C29H24F3N5O5S/c1-2-40-29-36-35-26(43-29)14-42-25-5-3-4-22(33-25)18-12-19(30)15(8-20(18)31)11-24-34-27-21(32)9-16(28(38)39)10-23(27)37(24)13-17-6-7-41-17/h3-5,8-10,12,17H,2,6-7,11,13-14H2,1H3,(H,38,39). The molecule has 1 saturated heterocycles. The van der Waals surface area contributed by atoms with Crippen LogP contribution in [0.5, 0.6) is 11.1 Å². The van der Waals surface area contributed by atoms with Gasteiger partial charge < -0.3 is 23.9 Å². The highest BCUT2D eigenvalue weighted by Gasteiger charge is 2.25. The predicted octanol–water partition coefficient (Wildman–Crippen LogP) is 5.42. The molecule has 0 bridgehead atoms. The Hall–Kier alpha value is -4.56. The van der Waals surface area contributed by atoms with Crippen LogP contribution >= 0.6 is 11.3 Å². The fourth-order valence-corrected chi connectivity index (χ4v) is 5.33. The molecule has 0 radical (unpaired) electrons. The predicted molar refractivity (Wildman–Crippen MR) is 149 cm³/mol. The average Bonchev–Trinajstić information content (AvgIpc) is 3.56. The van der Waals surface area contributed by atoms with E-state index in [2.05, 4.69) is 20.2 Å². The van der Waals surface area contributed by atoms with Crippen molar-refractivity contribution in [2.24, 2.45) is 0 Å². The van der Waals surface area contributed by atoms with Gasteiger partial charge in [-0.3, -0.25) is 0 Å². The van der Waals surface area contributed by atoms with Gasteiger partial charge in [0.15, 0.2) is 10.8 Å². The number of carboxylic acid groups (broad SMARTS) is 1. The summed E-state index contributed by atoms with van der Waals surface area (Å²) in [5.74, 6) is -3.12. The zero-order valence-electron chi connectivity index (χ0n) is 22.7. The lowest BCUT2D eigenvalue weighted by atomic mass is 10.0. The number of imidazole rings is 1. The zero-order chi connectivity index (χ0) is 30.1. The molecule has 1 aliphatic rings. The molecular weight excluding hydrogens is 587 g/mol. The van der Waals surface area contributed by atoms with Crippen LogP contribution in [0.4, 0.5) is 13.2 Å². The van der Waals surface area contributed by atoms with E-state index < -0.39 is 23.4 Å². The van der Waals surface area contributed by atoms with E-state index in [1.165, 1.54) is 23.5 Å². The van der Waals surface area contributed by atoms with Crippen molar-refractivity contribution in [3.05, 3.63) is 81.9 Å². The van der Waals surface area contributed by atoms with Crippen LogP contribution in [-0.2, 0) is 24.3 Å². The van der Waals surface area contributed by atoms with Gasteiger partial charge in [0.05, 0.1) is 36.0 Å². The van der Waals surface area contributed by atoms with Gasteiger partial charge in [-0.05, 0) is 49.2 Å². The molecule has 0 amide bonds. The highest BCUT2D eigenvalue weighted by molar-refractivity contribution is 7.13. The number of ether oxygens (including phenoxy) is 3. The number of aromatic carboxylic acids is 1. The van der Waals surface area contributed by atoms with Crippen molar-refractivity contribution in [2.75, 3.05) is 13.2 Å². The number of carbonyl (C=O) groups is 1. The van der Waals surface area contributed by atoms with E-state index >= 15 is 8.78 Å². The molecule has 1 aliphatic heterocycles. The highest BCUT2D eigenvalue weighted by Crippen LogP contribution is 2.30. The number of fused-ring (bicyclic) bond motifs is 1. The molecule has 14 heteroatoms. The average molecular weight is 612 g/mol. The Bertz CT molecular complexity index is 1820. The first kappa shape index (κ1) is 28.6. The summed E-state index contributed by atoms with van der Waals surface area (Å²) in [5, 5.41) is 18.3. The van der Waals surface area contributed by atoms with E-state index in [1.807, 2.05) is 6.92 Å². The number of rotatable bonds is 11. The summed E-state index contributed by atoms with van der Waals surface area (Å²) in [6, 6.07) is 9.03. The van der Waals surface area contributed by atoms with Gasteiger partial charge in [-0.15, -0.1) is 5.10 Å². The maximum Gasteiger partial charge on any atom is 0.335 e. The van der Waals surface area contributed by atoms with Crippen molar-refractivity contribution < 1.29 is 37.3 Å². The van der Waals surface area contributed by atoms with Crippen LogP contribution < -0.4 is 9.47 Å². The van der Waals surface area contributed by atoms with Crippen molar-refractivity contribution in [1.29, 1.82) is 0 Å². The Morgan fingerprint density at radius 2 is 1.93 bits per heavy atom. The Morgan fingerprint density at radius 3 is 2.67 bits per heavy atom. The molecule has 2 aromatic carbocycles.